The third-order valence-electron chi connectivity index (χ3n) is 3.74. The predicted molar refractivity (Wildman–Crippen MR) is 102 cm³/mol. The van der Waals surface area contributed by atoms with E-state index in [0.717, 1.165) is 17.7 Å². The fourth-order valence-electron chi connectivity index (χ4n) is 2.50. The molecule has 1 amide bonds. The van der Waals surface area contributed by atoms with E-state index in [9.17, 15) is 9.00 Å². The van der Waals surface area contributed by atoms with Gasteiger partial charge < -0.3 is 9.80 Å². The summed E-state index contributed by atoms with van der Waals surface area (Å²) in [5.41, 5.74) is 2.55. The van der Waals surface area contributed by atoms with E-state index < -0.39 is 10.8 Å². The monoisotopic (exact) mass is 359 g/mol. The number of aromatic nitrogens is 1. The number of hydrogen-bond acceptors (Lipinski definition) is 4. The smallest absolute Gasteiger partial charge is 0.254 e. The largest absolute Gasteiger partial charge is 0.333 e. The molecule has 0 radical (unpaired) electrons. The average molecular weight is 359 g/mol. The van der Waals surface area contributed by atoms with E-state index >= 15 is 0 Å². The predicted octanol–water partition coefficient (Wildman–Crippen LogP) is 2.16. The maximum Gasteiger partial charge on any atom is 0.254 e. The quantitative estimate of drug-likeness (QED) is 0.725. The summed E-state index contributed by atoms with van der Waals surface area (Å²) in [5.74, 6) is 0.441. The Hall–Kier alpha value is -2.05. The molecule has 134 valence electrons. The van der Waals surface area contributed by atoms with Crippen LogP contribution in [0.15, 0.2) is 48.8 Å². The standard InChI is InChI=1S/C19H25N3O2S/c1-21(2)10-11-22(14-17-7-5-9-20-13-17)19(23)18-8-4-6-16(12-18)15-25(3)24/h4-9,12-13H,10-11,14-15H2,1-3H3. The van der Waals surface area contributed by atoms with Crippen molar-refractivity contribution in [1.82, 2.24) is 14.8 Å². The number of pyridine rings is 1. The molecule has 0 fully saturated rings. The van der Waals surface area contributed by atoms with Gasteiger partial charge in [0.1, 0.15) is 0 Å². The number of likely N-dealkylation sites (N-methyl/N-ethyl adjacent to an activating group) is 1. The number of nitrogens with zero attached hydrogens (tertiary/aromatic N) is 3. The highest BCUT2D eigenvalue weighted by atomic mass is 32.2. The molecule has 0 bridgehead atoms. The molecular weight excluding hydrogens is 334 g/mol. The van der Waals surface area contributed by atoms with Crippen LogP contribution in [0.5, 0.6) is 0 Å². The fourth-order valence-corrected chi connectivity index (χ4v) is 3.15. The first-order valence-electron chi connectivity index (χ1n) is 8.17. The van der Waals surface area contributed by atoms with Crippen LogP contribution in [0.4, 0.5) is 0 Å². The molecule has 5 nitrogen and oxygen atoms in total. The maximum atomic E-state index is 13.0. The molecule has 0 spiro atoms. The van der Waals surface area contributed by atoms with E-state index in [1.165, 1.54) is 0 Å². The van der Waals surface area contributed by atoms with E-state index in [4.69, 9.17) is 0 Å². The summed E-state index contributed by atoms with van der Waals surface area (Å²) < 4.78 is 11.5. The third kappa shape index (κ3) is 6.40. The first kappa shape index (κ1) is 19.3. The van der Waals surface area contributed by atoms with E-state index in [0.29, 0.717) is 24.4 Å². The minimum atomic E-state index is -0.930. The molecule has 6 heteroatoms. The van der Waals surface area contributed by atoms with E-state index in [1.807, 2.05) is 55.4 Å². The van der Waals surface area contributed by atoms with E-state index in [1.54, 1.807) is 18.6 Å². The van der Waals surface area contributed by atoms with Crippen LogP contribution in [0.3, 0.4) is 0 Å². The number of carbonyl (C=O) groups excluding carboxylic acids is 1. The first-order chi connectivity index (χ1) is 12.0. The Morgan fingerprint density at radius 3 is 2.52 bits per heavy atom. The number of rotatable bonds is 8. The molecule has 0 saturated heterocycles. The van der Waals surface area contributed by atoms with Gasteiger partial charge in [-0.05, 0) is 43.4 Å². The van der Waals surface area contributed by atoms with Crippen LogP contribution in [0, 0.1) is 0 Å². The van der Waals surface area contributed by atoms with Crippen molar-refractivity contribution in [3.8, 4) is 0 Å². The van der Waals surface area contributed by atoms with Crippen molar-refractivity contribution < 1.29 is 9.00 Å². The lowest BCUT2D eigenvalue weighted by molar-refractivity contribution is 0.0731. The Balaban J connectivity index is 2.20. The lowest BCUT2D eigenvalue weighted by Crippen LogP contribution is -2.36. The van der Waals surface area contributed by atoms with Crippen molar-refractivity contribution in [2.75, 3.05) is 33.4 Å². The molecule has 0 saturated carbocycles. The zero-order valence-electron chi connectivity index (χ0n) is 15.0. The Labute approximate surface area is 152 Å². The second-order valence-electron chi connectivity index (χ2n) is 6.31. The minimum Gasteiger partial charge on any atom is -0.333 e. The number of carbonyl (C=O) groups is 1. The van der Waals surface area contributed by atoms with Crippen LogP contribution in [-0.2, 0) is 23.1 Å². The van der Waals surface area contributed by atoms with Crippen molar-refractivity contribution in [3.63, 3.8) is 0 Å². The molecule has 25 heavy (non-hydrogen) atoms. The molecule has 1 atom stereocenters. The lowest BCUT2D eigenvalue weighted by Gasteiger charge is -2.24. The van der Waals surface area contributed by atoms with Crippen molar-refractivity contribution >= 4 is 16.7 Å². The van der Waals surface area contributed by atoms with Crippen molar-refractivity contribution in [3.05, 3.63) is 65.5 Å². The molecule has 1 unspecified atom stereocenters. The second-order valence-corrected chi connectivity index (χ2v) is 7.74. The van der Waals surface area contributed by atoms with Crippen molar-refractivity contribution in [1.29, 1.82) is 0 Å². The summed E-state index contributed by atoms with van der Waals surface area (Å²) in [6.45, 7) is 1.93. The molecule has 1 aromatic carbocycles. The second kappa shape index (κ2) is 9.44. The molecule has 2 aromatic rings. The van der Waals surface area contributed by atoms with Gasteiger partial charge in [-0.3, -0.25) is 14.0 Å². The summed E-state index contributed by atoms with van der Waals surface area (Å²) in [5, 5.41) is 0. The fraction of sp³-hybridized carbons (Fsp3) is 0.368. The number of benzene rings is 1. The maximum absolute atomic E-state index is 13.0. The molecule has 1 aromatic heterocycles. The zero-order chi connectivity index (χ0) is 18.2. The van der Waals surface area contributed by atoms with Crippen LogP contribution in [-0.4, -0.2) is 58.3 Å². The molecule has 0 aliphatic carbocycles. The molecule has 0 aliphatic heterocycles. The molecule has 1 heterocycles. The molecule has 2 rings (SSSR count). The summed E-state index contributed by atoms with van der Waals surface area (Å²) in [6.07, 6.45) is 5.18. The van der Waals surface area contributed by atoms with Crippen LogP contribution in [0.2, 0.25) is 0 Å². The highest BCUT2D eigenvalue weighted by Gasteiger charge is 2.17. The van der Waals surface area contributed by atoms with Gasteiger partial charge >= 0.3 is 0 Å². The highest BCUT2D eigenvalue weighted by molar-refractivity contribution is 7.83. The van der Waals surface area contributed by atoms with Crippen LogP contribution in [0.1, 0.15) is 21.5 Å². The summed E-state index contributed by atoms with van der Waals surface area (Å²) in [4.78, 5) is 21.0. The van der Waals surface area contributed by atoms with Gasteiger partial charge in [0.25, 0.3) is 5.91 Å². The van der Waals surface area contributed by atoms with Gasteiger partial charge in [0, 0.05) is 60.4 Å². The van der Waals surface area contributed by atoms with Gasteiger partial charge in [-0.25, -0.2) is 0 Å². The third-order valence-corrected chi connectivity index (χ3v) is 4.48. The summed E-state index contributed by atoms with van der Waals surface area (Å²) in [7, 11) is 3.05. The number of amides is 1. The summed E-state index contributed by atoms with van der Waals surface area (Å²) in [6, 6.07) is 11.3. The average Bonchev–Trinajstić information content (AvgIpc) is 2.58. The van der Waals surface area contributed by atoms with Gasteiger partial charge in [-0.2, -0.15) is 0 Å². The molecule has 0 N–H and O–H groups in total. The van der Waals surface area contributed by atoms with Gasteiger partial charge in [0.15, 0.2) is 0 Å². The Morgan fingerprint density at radius 1 is 1.12 bits per heavy atom. The van der Waals surface area contributed by atoms with Gasteiger partial charge in [-0.15, -0.1) is 0 Å². The van der Waals surface area contributed by atoms with Crippen molar-refractivity contribution in [2.24, 2.45) is 0 Å². The van der Waals surface area contributed by atoms with E-state index in [-0.39, 0.29) is 5.91 Å². The Kier molecular flexibility index (Phi) is 7.28. The normalized spacial score (nSPS) is 12.2. The molecular formula is C19H25N3O2S. The topological polar surface area (TPSA) is 53.5 Å². The van der Waals surface area contributed by atoms with Gasteiger partial charge in [0.2, 0.25) is 0 Å². The number of hydrogen-bond donors (Lipinski definition) is 0. The lowest BCUT2D eigenvalue weighted by atomic mass is 10.1. The van der Waals surface area contributed by atoms with Crippen LogP contribution >= 0.6 is 0 Å². The highest BCUT2D eigenvalue weighted by Crippen LogP contribution is 2.13. The van der Waals surface area contributed by atoms with Crippen LogP contribution < -0.4 is 0 Å². The molecule has 0 aliphatic rings. The SMILES string of the molecule is CN(C)CCN(Cc1cccnc1)C(=O)c1cccc(CS(C)=O)c1. The minimum absolute atomic E-state index is 0.0190. The summed E-state index contributed by atoms with van der Waals surface area (Å²) >= 11 is 0. The van der Waals surface area contributed by atoms with E-state index in [2.05, 4.69) is 9.88 Å². The van der Waals surface area contributed by atoms with Crippen LogP contribution in [0.25, 0.3) is 0 Å². The van der Waals surface area contributed by atoms with Crippen molar-refractivity contribution in [2.45, 2.75) is 12.3 Å². The Bertz CT molecular complexity index is 720. The zero-order valence-corrected chi connectivity index (χ0v) is 15.8. The van der Waals surface area contributed by atoms with Gasteiger partial charge in [0.05, 0.1) is 0 Å². The first-order valence-corrected chi connectivity index (χ1v) is 9.90. The van der Waals surface area contributed by atoms with Gasteiger partial charge in [-0.1, -0.05) is 18.2 Å². The Morgan fingerprint density at radius 2 is 1.88 bits per heavy atom.